The second kappa shape index (κ2) is 1.93. The van der Waals surface area contributed by atoms with Crippen LogP contribution in [0.2, 0.25) is 0 Å². The monoisotopic (exact) mass is 110 g/mol. The molecule has 0 heterocycles. The van der Waals surface area contributed by atoms with Gasteiger partial charge in [0.2, 0.25) is 0 Å². The molecule has 0 amide bonds. The van der Waals surface area contributed by atoms with Crippen LogP contribution in [0.15, 0.2) is 11.6 Å². The first-order valence-electron chi connectivity index (χ1n) is 3.37. The van der Waals surface area contributed by atoms with Crippen molar-refractivity contribution in [2.45, 2.75) is 27.2 Å². The molecule has 0 aromatic rings. The normalized spacial score (nSPS) is 37.6. The molecule has 0 radical (unpaired) electrons. The molecule has 0 unspecified atom stereocenters. The molecule has 0 aromatic heterocycles. The van der Waals surface area contributed by atoms with Crippen molar-refractivity contribution in [3.63, 3.8) is 0 Å². The zero-order valence-electron chi connectivity index (χ0n) is 5.94. The summed E-state index contributed by atoms with van der Waals surface area (Å²) in [6.07, 6.45) is 3.70. The summed E-state index contributed by atoms with van der Waals surface area (Å²) in [5.41, 5.74) is 1.57. The van der Waals surface area contributed by atoms with E-state index in [-0.39, 0.29) is 0 Å². The Kier molecular flexibility index (Phi) is 1.41. The molecule has 2 atom stereocenters. The average Bonchev–Trinajstić information content (AvgIpc) is 1.85. The van der Waals surface area contributed by atoms with Crippen LogP contribution in [0.1, 0.15) is 27.2 Å². The molecule has 0 aromatic carbocycles. The Hall–Kier alpha value is -0.260. The predicted octanol–water partition coefficient (Wildman–Crippen LogP) is 2.61. The van der Waals surface area contributed by atoms with Crippen molar-refractivity contribution >= 4 is 0 Å². The molecule has 8 heavy (non-hydrogen) atoms. The van der Waals surface area contributed by atoms with Crippen LogP contribution in [0.4, 0.5) is 0 Å². The zero-order chi connectivity index (χ0) is 6.15. The van der Waals surface area contributed by atoms with Crippen LogP contribution in [-0.2, 0) is 0 Å². The quantitative estimate of drug-likeness (QED) is 0.420. The third kappa shape index (κ3) is 0.936. The minimum atomic E-state index is 0.829. The van der Waals surface area contributed by atoms with Gasteiger partial charge < -0.3 is 0 Å². The highest BCUT2D eigenvalue weighted by Gasteiger charge is 2.16. The SMILES string of the molecule is CC1=C[C@H](C)[C@@H](C)C1. The lowest BCUT2D eigenvalue weighted by Crippen LogP contribution is -1.96. The fourth-order valence-electron chi connectivity index (χ4n) is 1.37. The van der Waals surface area contributed by atoms with Gasteiger partial charge in [0.15, 0.2) is 0 Å². The van der Waals surface area contributed by atoms with Crippen LogP contribution in [0, 0.1) is 11.8 Å². The van der Waals surface area contributed by atoms with E-state index < -0.39 is 0 Å². The topological polar surface area (TPSA) is 0 Å². The molecular weight excluding hydrogens is 96.1 g/mol. The van der Waals surface area contributed by atoms with Crippen LogP contribution in [0.5, 0.6) is 0 Å². The van der Waals surface area contributed by atoms with E-state index in [1.165, 1.54) is 6.42 Å². The van der Waals surface area contributed by atoms with Gasteiger partial charge in [-0.25, -0.2) is 0 Å². The van der Waals surface area contributed by atoms with Crippen molar-refractivity contribution in [1.82, 2.24) is 0 Å². The smallest absolute Gasteiger partial charge is 0.0231 e. The Morgan fingerprint density at radius 2 is 2.12 bits per heavy atom. The van der Waals surface area contributed by atoms with Crippen molar-refractivity contribution in [1.29, 1.82) is 0 Å². The van der Waals surface area contributed by atoms with Crippen LogP contribution in [0.25, 0.3) is 0 Å². The highest BCUT2D eigenvalue weighted by Crippen LogP contribution is 2.28. The van der Waals surface area contributed by atoms with Crippen LogP contribution in [-0.4, -0.2) is 0 Å². The molecule has 46 valence electrons. The molecule has 0 heteroatoms. The van der Waals surface area contributed by atoms with E-state index >= 15 is 0 Å². The van der Waals surface area contributed by atoms with Gasteiger partial charge in [0, 0.05) is 0 Å². The highest BCUT2D eigenvalue weighted by atomic mass is 14.2. The Morgan fingerprint density at radius 1 is 1.50 bits per heavy atom. The van der Waals surface area contributed by atoms with Gasteiger partial charge in [-0.05, 0) is 25.2 Å². The van der Waals surface area contributed by atoms with Crippen LogP contribution >= 0.6 is 0 Å². The fourth-order valence-corrected chi connectivity index (χ4v) is 1.37. The van der Waals surface area contributed by atoms with E-state index in [9.17, 15) is 0 Å². The second-order valence-corrected chi connectivity index (χ2v) is 3.05. The number of allylic oxidation sites excluding steroid dienone is 2. The van der Waals surface area contributed by atoms with E-state index in [0.29, 0.717) is 0 Å². The Labute approximate surface area is 51.6 Å². The van der Waals surface area contributed by atoms with E-state index in [2.05, 4.69) is 26.8 Å². The first kappa shape index (κ1) is 5.87. The second-order valence-electron chi connectivity index (χ2n) is 3.05. The minimum absolute atomic E-state index is 0.829. The molecule has 0 bridgehead atoms. The molecule has 0 aliphatic heterocycles. The van der Waals surface area contributed by atoms with Gasteiger partial charge in [-0.1, -0.05) is 25.5 Å². The van der Waals surface area contributed by atoms with Gasteiger partial charge in [-0.15, -0.1) is 0 Å². The average molecular weight is 110 g/mol. The lowest BCUT2D eigenvalue weighted by molar-refractivity contribution is 0.494. The molecule has 0 saturated carbocycles. The summed E-state index contributed by atoms with van der Waals surface area (Å²) in [4.78, 5) is 0. The summed E-state index contributed by atoms with van der Waals surface area (Å²) in [5, 5.41) is 0. The maximum Gasteiger partial charge on any atom is -0.0231 e. The zero-order valence-corrected chi connectivity index (χ0v) is 5.94. The summed E-state index contributed by atoms with van der Waals surface area (Å²) in [7, 11) is 0. The molecule has 1 aliphatic rings. The van der Waals surface area contributed by atoms with Crippen molar-refractivity contribution in [3.8, 4) is 0 Å². The van der Waals surface area contributed by atoms with Gasteiger partial charge in [-0.2, -0.15) is 0 Å². The van der Waals surface area contributed by atoms with Gasteiger partial charge in [0.1, 0.15) is 0 Å². The Bertz CT molecular complexity index is 111. The summed E-state index contributed by atoms with van der Waals surface area (Å²) >= 11 is 0. The standard InChI is InChI=1S/C8H14/c1-6-4-7(2)8(3)5-6/h4,7-8H,5H2,1-3H3/t7-,8-/m0/s1. The molecule has 0 fully saturated rings. The van der Waals surface area contributed by atoms with Gasteiger partial charge in [0.25, 0.3) is 0 Å². The van der Waals surface area contributed by atoms with Gasteiger partial charge >= 0.3 is 0 Å². The number of hydrogen-bond acceptors (Lipinski definition) is 0. The summed E-state index contributed by atoms with van der Waals surface area (Å²) < 4.78 is 0. The van der Waals surface area contributed by atoms with E-state index in [4.69, 9.17) is 0 Å². The molecule has 0 N–H and O–H groups in total. The molecule has 1 aliphatic carbocycles. The van der Waals surface area contributed by atoms with Crippen molar-refractivity contribution in [3.05, 3.63) is 11.6 Å². The van der Waals surface area contributed by atoms with E-state index in [0.717, 1.165) is 11.8 Å². The van der Waals surface area contributed by atoms with E-state index in [1.807, 2.05) is 0 Å². The number of rotatable bonds is 0. The highest BCUT2D eigenvalue weighted by molar-refractivity contribution is 5.09. The first-order chi connectivity index (χ1) is 3.70. The largest absolute Gasteiger partial charge is 0.0825 e. The Morgan fingerprint density at radius 3 is 2.25 bits per heavy atom. The first-order valence-corrected chi connectivity index (χ1v) is 3.37. The van der Waals surface area contributed by atoms with Crippen LogP contribution in [0.3, 0.4) is 0 Å². The van der Waals surface area contributed by atoms with E-state index in [1.54, 1.807) is 5.57 Å². The molecular formula is C8H14. The summed E-state index contributed by atoms with van der Waals surface area (Å²) in [6.45, 7) is 6.83. The lowest BCUT2D eigenvalue weighted by Gasteiger charge is -2.05. The molecule has 0 spiro atoms. The molecule has 0 nitrogen and oxygen atoms in total. The van der Waals surface area contributed by atoms with Gasteiger partial charge in [-0.3, -0.25) is 0 Å². The lowest BCUT2D eigenvalue weighted by atomic mass is 10.0. The maximum absolute atomic E-state index is 2.38. The van der Waals surface area contributed by atoms with Crippen molar-refractivity contribution in [2.24, 2.45) is 11.8 Å². The fraction of sp³-hybridized carbons (Fsp3) is 0.750. The third-order valence-electron chi connectivity index (χ3n) is 2.09. The van der Waals surface area contributed by atoms with Crippen molar-refractivity contribution in [2.75, 3.05) is 0 Å². The van der Waals surface area contributed by atoms with Gasteiger partial charge in [0.05, 0.1) is 0 Å². The Balaban J connectivity index is 2.56. The maximum atomic E-state index is 2.38. The number of hydrogen-bond donors (Lipinski definition) is 0. The van der Waals surface area contributed by atoms with Crippen molar-refractivity contribution < 1.29 is 0 Å². The molecule has 0 saturated heterocycles. The third-order valence-corrected chi connectivity index (χ3v) is 2.09. The summed E-state index contributed by atoms with van der Waals surface area (Å²) in [5.74, 6) is 1.73. The predicted molar refractivity (Wildman–Crippen MR) is 36.7 cm³/mol. The molecule has 1 rings (SSSR count). The van der Waals surface area contributed by atoms with Crippen LogP contribution < -0.4 is 0 Å². The summed E-state index contributed by atoms with van der Waals surface area (Å²) in [6, 6.07) is 0. The minimum Gasteiger partial charge on any atom is -0.0825 e.